The van der Waals surface area contributed by atoms with Gasteiger partial charge in [-0.05, 0) is 24.6 Å². The summed E-state index contributed by atoms with van der Waals surface area (Å²) in [4.78, 5) is 14.1. The van der Waals surface area contributed by atoms with Crippen molar-refractivity contribution in [1.82, 2.24) is 9.55 Å². The van der Waals surface area contributed by atoms with E-state index < -0.39 is 0 Å². The summed E-state index contributed by atoms with van der Waals surface area (Å²) in [5.41, 5.74) is 2.24. The Bertz CT molecular complexity index is 525. The summed E-state index contributed by atoms with van der Waals surface area (Å²) in [7, 11) is 0. The largest absolute Gasteiger partial charge is 0.392 e. The Balaban J connectivity index is 2.59. The molecule has 1 heterocycles. The summed E-state index contributed by atoms with van der Waals surface area (Å²) >= 11 is 0. The molecule has 2 aromatic rings. The molecular weight excluding hydrogens is 192 g/mol. The van der Waals surface area contributed by atoms with Crippen molar-refractivity contribution in [2.75, 3.05) is 0 Å². The van der Waals surface area contributed by atoms with Gasteiger partial charge in [0.25, 0.3) is 0 Å². The molecule has 0 amide bonds. The maximum Gasteiger partial charge on any atom is 0.330 e. The van der Waals surface area contributed by atoms with Crippen LogP contribution in [0.25, 0.3) is 5.69 Å². The molecule has 0 aliphatic carbocycles. The van der Waals surface area contributed by atoms with Crippen LogP contribution in [0.15, 0.2) is 35.3 Å². The van der Waals surface area contributed by atoms with Crippen LogP contribution >= 0.6 is 0 Å². The van der Waals surface area contributed by atoms with Crippen molar-refractivity contribution in [3.05, 3.63) is 52.2 Å². The SMILES string of the molecule is Cc1c[nH]c(=O)n1-c1cccc(CO)c1. The molecule has 0 aliphatic rings. The minimum atomic E-state index is -0.164. The molecule has 0 unspecified atom stereocenters. The van der Waals surface area contributed by atoms with Gasteiger partial charge in [-0.25, -0.2) is 4.79 Å². The zero-order valence-electron chi connectivity index (χ0n) is 8.40. The van der Waals surface area contributed by atoms with Crippen LogP contribution in [-0.4, -0.2) is 14.7 Å². The predicted octanol–water partition coefficient (Wildman–Crippen LogP) is 0.966. The topological polar surface area (TPSA) is 58.0 Å². The number of aromatic nitrogens is 2. The highest BCUT2D eigenvalue weighted by Gasteiger charge is 2.04. The normalized spacial score (nSPS) is 10.5. The first kappa shape index (κ1) is 9.73. The summed E-state index contributed by atoms with van der Waals surface area (Å²) in [6.07, 6.45) is 1.66. The van der Waals surface area contributed by atoms with Crippen LogP contribution in [0.2, 0.25) is 0 Å². The number of benzene rings is 1. The lowest BCUT2D eigenvalue weighted by Crippen LogP contribution is -2.15. The van der Waals surface area contributed by atoms with Crippen LogP contribution in [0.1, 0.15) is 11.3 Å². The summed E-state index contributed by atoms with van der Waals surface area (Å²) < 4.78 is 1.57. The van der Waals surface area contributed by atoms with Crippen molar-refractivity contribution < 1.29 is 5.11 Å². The molecule has 0 aliphatic heterocycles. The number of imidazole rings is 1. The van der Waals surface area contributed by atoms with Gasteiger partial charge in [0.15, 0.2) is 0 Å². The Morgan fingerprint density at radius 2 is 2.27 bits per heavy atom. The van der Waals surface area contributed by atoms with E-state index in [1.165, 1.54) is 0 Å². The van der Waals surface area contributed by atoms with Crippen LogP contribution in [-0.2, 0) is 6.61 Å². The molecule has 15 heavy (non-hydrogen) atoms. The van der Waals surface area contributed by atoms with Crippen molar-refractivity contribution in [2.45, 2.75) is 13.5 Å². The second kappa shape index (κ2) is 3.74. The third-order valence-electron chi connectivity index (χ3n) is 2.31. The lowest BCUT2D eigenvalue weighted by atomic mass is 10.2. The predicted molar refractivity (Wildman–Crippen MR) is 57.0 cm³/mol. The second-order valence-electron chi connectivity index (χ2n) is 3.40. The van der Waals surface area contributed by atoms with Crippen LogP contribution < -0.4 is 5.69 Å². The average Bonchev–Trinajstić information content (AvgIpc) is 2.59. The lowest BCUT2D eigenvalue weighted by Gasteiger charge is -2.05. The number of aliphatic hydroxyl groups excluding tert-OH is 1. The van der Waals surface area contributed by atoms with Gasteiger partial charge in [-0.2, -0.15) is 0 Å². The molecule has 0 spiro atoms. The second-order valence-corrected chi connectivity index (χ2v) is 3.40. The van der Waals surface area contributed by atoms with Crippen molar-refractivity contribution in [1.29, 1.82) is 0 Å². The number of hydrogen-bond donors (Lipinski definition) is 2. The maximum atomic E-state index is 11.5. The van der Waals surface area contributed by atoms with Gasteiger partial charge in [-0.3, -0.25) is 4.57 Å². The smallest absolute Gasteiger partial charge is 0.330 e. The number of aromatic amines is 1. The summed E-state index contributed by atoms with van der Waals surface area (Å²) in [6, 6.07) is 7.26. The molecule has 2 N–H and O–H groups in total. The van der Waals surface area contributed by atoms with E-state index in [1.807, 2.05) is 25.1 Å². The number of aliphatic hydroxyl groups is 1. The Morgan fingerprint density at radius 1 is 1.47 bits per heavy atom. The number of H-pyrrole nitrogens is 1. The standard InChI is InChI=1S/C11H12N2O2/c1-8-6-12-11(15)13(8)10-4-2-3-9(5-10)7-14/h2-6,14H,7H2,1H3,(H,12,15). The van der Waals surface area contributed by atoms with E-state index in [1.54, 1.807) is 16.8 Å². The van der Waals surface area contributed by atoms with Gasteiger partial charge in [0.2, 0.25) is 0 Å². The fourth-order valence-corrected chi connectivity index (χ4v) is 1.57. The van der Waals surface area contributed by atoms with E-state index in [9.17, 15) is 4.79 Å². The Labute approximate surface area is 86.8 Å². The summed E-state index contributed by atoms with van der Waals surface area (Å²) in [5, 5.41) is 9.00. The lowest BCUT2D eigenvalue weighted by molar-refractivity contribution is 0.282. The molecule has 78 valence electrons. The Kier molecular flexibility index (Phi) is 2.43. The van der Waals surface area contributed by atoms with Crippen LogP contribution in [0.3, 0.4) is 0 Å². The van der Waals surface area contributed by atoms with Crippen LogP contribution in [0.5, 0.6) is 0 Å². The van der Waals surface area contributed by atoms with Gasteiger partial charge in [0.1, 0.15) is 0 Å². The van der Waals surface area contributed by atoms with E-state index >= 15 is 0 Å². The molecule has 0 fully saturated rings. The molecule has 0 saturated carbocycles. The quantitative estimate of drug-likeness (QED) is 0.765. The number of nitrogens with one attached hydrogen (secondary N) is 1. The zero-order valence-corrected chi connectivity index (χ0v) is 8.40. The molecule has 0 bridgehead atoms. The maximum absolute atomic E-state index is 11.5. The number of rotatable bonds is 2. The fraction of sp³-hybridized carbons (Fsp3) is 0.182. The number of aryl methyl sites for hydroxylation is 1. The highest BCUT2D eigenvalue weighted by Crippen LogP contribution is 2.10. The molecule has 0 radical (unpaired) electrons. The monoisotopic (exact) mass is 204 g/mol. The third kappa shape index (κ3) is 1.71. The molecule has 1 aromatic carbocycles. The highest BCUT2D eigenvalue weighted by molar-refractivity contribution is 5.36. The minimum Gasteiger partial charge on any atom is -0.392 e. The molecule has 4 heteroatoms. The van der Waals surface area contributed by atoms with Gasteiger partial charge in [0.05, 0.1) is 12.3 Å². The zero-order chi connectivity index (χ0) is 10.8. The average molecular weight is 204 g/mol. The van der Waals surface area contributed by atoms with E-state index in [4.69, 9.17) is 5.11 Å². The molecule has 2 rings (SSSR count). The van der Waals surface area contributed by atoms with Gasteiger partial charge < -0.3 is 10.1 Å². The van der Waals surface area contributed by atoms with Crippen molar-refractivity contribution in [3.63, 3.8) is 0 Å². The van der Waals surface area contributed by atoms with E-state index in [0.717, 1.165) is 16.9 Å². The first-order chi connectivity index (χ1) is 7.22. The highest BCUT2D eigenvalue weighted by atomic mass is 16.3. The van der Waals surface area contributed by atoms with E-state index in [2.05, 4.69) is 4.98 Å². The van der Waals surface area contributed by atoms with Gasteiger partial charge in [-0.15, -0.1) is 0 Å². The molecular formula is C11H12N2O2. The van der Waals surface area contributed by atoms with Crippen molar-refractivity contribution in [3.8, 4) is 5.69 Å². The first-order valence-corrected chi connectivity index (χ1v) is 4.69. The number of hydrogen-bond acceptors (Lipinski definition) is 2. The molecule has 0 atom stereocenters. The third-order valence-corrected chi connectivity index (χ3v) is 2.31. The number of nitrogens with zero attached hydrogens (tertiary/aromatic N) is 1. The molecule has 0 saturated heterocycles. The van der Waals surface area contributed by atoms with Crippen molar-refractivity contribution in [2.24, 2.45) is 0 Å². The Hall–Kier alpha value is -1.81. The fourth-order valence-electron chi connectivity index (χ4n) is 1.57. The van der Waals surface area contributed by atoms with E-state index in [-0.39, 0.29) is 12.3 Å². The van der Waals surface area contributed by atoms with Gasteiger partial charge >= 0.3 is 5.69 Å². The summed E-state index contributed by atoms with van der Waals surface area (Å²) in [5.74, 6) is 0. The van der Waals surface area contributed by atoms with Crippen LogP contribution in [0.4, 0.5) is 0 Å². The van der Waals surface area contributed by atoms with Crippen molar-refractivity contribution >= 4 is 0 Å². The molecule has 1 aromatic heterocycles. The van der Waals surface area contributed by atoms with Crippen LogP contribution in [0, 0.1) is 6.92 Å². The minimum absolute atomic E-state index is 0.0218. The van der Waals surface area contributed by atoms with Gasteiger partial charge in [0, 0.05) is 11.9 Å². The first-order valence-electron chi connectivity index (χ1n) is 4.69. The van der Waals surface area contributed by atoms with E-state index in [0.29, 0.717) is 0 Å². The Morgan fingerprint density at radius 3 is 2.87 bits per heavy atom. The van der Waals surface area contributed by atoms with Gasteiger partial charge in [-0.1, -0.05) is 12.1 Å². The molecule has 4 nitrogen and oxygen atoms in total. The summed E-state index contributed by atoms with van der Waals surface area (Å²) in [6.45, 7) is 1.83.